The van der Waals surface area contributed by atoms with Crippen LogP contribution in [0.25, 0.3) is 0 Å². The van der Waals surface area contributed by atoms with Crippen molar-refractivity contribution >= 4 is 5.97 Å². The average molecular weight is 334 g/mol. The fourth-order valence-electron chi connectivity index (χ4n) is 3.55. The summed E-state index contributed by atoms with van der Waals surface area (Å²) in [4.78, 5) is 13.3. The summed E-state index contributed by atoms with van der Waals surface area (Å²) in [5, 5.41) is 20.0. The molecule has 1 aromatic heterocycles. The summed E-state index contributed by atoms with van der Waals surface area (Å²) < 4.78 is 0. The summed E-state index contributed by atoms with van der Waals surface area (Å²) in [5.41, 5.74) is 2.48. The van der Waals surface area contributed by atoms with Gasteiger partial charge in [0.15, 0.2) is 0 Å². The van der Waals surface area contributed by atoms with Crippen LogP contribution >= 0.6 is 0 Å². The number of aromatic nitrogens is 2. The van der Waals surface area contributed by atoms with Crippen LogP contribution in [0.5, 0.6) is 0 Å². The lowest BCUT2D eigenvalue weighted by molar-refractivity contribution is -0.139. The molecule has 2 fully saturated rings. The van der Waals surface area contributed by atoms with Gasteiger partial charge < -0.3 is 10.4 Å². The molecule has 0 aliphatic heterocycles. The highest BCUT2D eigenvalue weighted by atomic mass is 16.4. The Kier molecular flexibility index (Phi) is 4.97. The molecule has 0 aromatic carbocycles. The van der Waals surface area contributed by atoms with Gasteiger partial charge in [0.1, 0.15) is 0 Å². The van der Waals surface area contributed by atoms with Crippen molar-refractivity contribution < 1.29 is 9.90 Å². The smallest absolute Gasteiger partial charge is 0.317 e. The lowest BCUT2D eigenvalue weighted by Crippen LogP contribution is -2.54. The van der Waals surface area contributed by atoms with Crippen LogP contribution in [-0.2, 0) is 16.8 Å². The van der Waals surface area contributed by atoms with E-state index in [9.17, 15) is 4.79 Å². The zero-order valence-electron chi connectivity index (χ0n) is 15.0. The average Bonchev–Trinajstić information content (AvgIpc) is 3.09. The molecule has 2 aliphatic carbocycles. The second kappa shape index (κ2) is 6.84. The van der Waals surface area contributed by atoms with Crippen molar-refractivity contribution in [2.45, 2.75) is 70.5 Å². The van der Waals surface area contributed by atoms with E-state index in [0.717, 1.165) is 31.8 Å². The predicted octanol–water partition coefficient (Wildman–Crippen LogP) is 2.12. The van der Waals surface area contributed by atoms with Crippen LogP contribution < -0.4 is 5.32 Å². The molecule has 0 spiro atoms. The molecule has 6 nitrogen and oxygen atoms in total. The van der Waals surface area contributed by atoms with Gasteiger partial charge in [0.05, 0.1) is 12.7 Å². The predicted molar refractivity (Wildman–Crippen MR) is 92.9 cm³/mol. The minimum atomic E-state index is -0.708. The van der Waals surface area contributed by atoms with Gasteiger partial charge in [-0.3, -0.25) is 14.8 Å². The van der Waals surface area contributed by atoms with Crippen LogP contribution in [0.3, 0.4) is 0 Å². The lowest BCUT2D eigenvalue weighted by atomic mass is 9.84. The Morgan fingerprint density at radius 1 is 1.42 bits per heavy atom. The van der Waals surface area contributed by atoms with Gasteiger partial charge in [0, 0.05) is 41.8 Å². The minimum Gasteiger partial charge on any atom is -0.480 e. The van der Waals surface area contributed by atoms with E-state index in [1.807, 2.05) is 6.20 Å². The van der Waals surface area contributed by atoms with Gasteiger partial charge in [0.2, 0.25) is 0 Å². The van der Waals surface area contributed by atoms with Crippen LogP contribution in [-0.4, -0.2) is 51.3 Å². The first-order chi connectivity index (χ1) is 11.3. The SMILES string of the molecule is CC(C)(C)c1[nH]ncc1CNC1CC(N(CC(=O)O)CC2CC2)C1. The number of hydrogen-bond donors (Lipinski definition) is 3. The molecule has 3 N–H and O–H groups in total. The number of H-pyrrole nitrogens is 1. The van der Waals surface area contributed by atoms with Crippen LogP contribution in [0.1, 0.15) is 57.7 Å². The zero-order valence-corrected chi connectivity index (χ0v) is 15.0. The lowest BCUT2D eigenvalue weighted by Gasteiger charge is -2.43. The Balaban J connectivity index is 1.46. The third-order valence-electron chi connectivity index (χ3n) is 5.21. The second-order valence-electron chi connectivity index (χ2n) is 8.49. The Labute approximate surface area is 144 Å². The van der Waals surface area contributed by atoms with Crippen molar-refractivity contribution in [3.8, 4) is 0 Å². The van der Waals surface area contributed by atoms with Gasteiger partial charge in [-0.25, -0.2) is 0 Å². The van der Waals surface area contributed by atoms with E-state index in [4.69, 9.17) is 5.11 Å². The molecule has 0 unspecified atom stereocenters. The monoisotopic (exact) mass is 334 g/mol. The summed E-state index contributed by atoms with van der Waals surface area (Å²) in [5.74, 6) is 0.0249. The maximum absolute atomic E-state index is 11.1. The molecule has 0 saturated heterocycles. The third kappa shape index (κ3) is 4.36. The number of nitrogens with one attached hydrogen (secondary N) is 2. The summed E-state index contributed by atoms with van der Waals surface area (Å²) in [6.07, 6.45) is 6.53. The zero-order chi connectivity index (χ0) is 17.3. The highest BCUT2D eigenvalue weighted by molar-refractivity contribution is 5.69. The molecule has 0 radical (unpaired) electrons. The Bertz CT molecular complexity index is 568. The Hall–Kier alpha value is -1.40. The Morgan fingerprint density at radius 3 is 2.71 bits per heavy atom. The Morgan fingerprint density at radius 2 is 2.12 bits per heavy atom. The third-order valence-corrected chi connectivity index (χ3v) is 5.21. The molecule has 2 aliphatic rings. The first kappa shape index (κ1) is 17.4. The van der Waals surface area contributed by atoms with Gasteiger partial charge in [-0.2, -0.15) is 5.10 Å². The van der Waals surface area contributed by atoms with Crippen LogP contribution in [0.4, 0.5) is 0 Å². The number of carbonyl (C=O) groups is 1. The first-order valence-electron chi connectivity index (χ1n) is 9.05. The standard InChI is InChI=1S/C18H30N4O2/c1-18(2,3)17-13(9-20-21-17)8-19-14-6-15(7-14)22(11-16(23)24)10-12-4-5-12/h9,12,14-15,19H,4-8,10-11H2,1-3H3,(H,20,21)(H,23,24). The second-order valence-corrected chi connectivity index (χ2v) is 8.49. The van der Waals surface area contributed by atoms with E-state index >= 15 is 0 Å². The van der Waals surface area contributed by atoms with Crippen molar-refractivity contribution in [2.75, 3.05) is 13.1 Å². The summed E-state index contributed by atoms with van der Waals surface area (Å²) in [6, 6.07) is 0.902. The van der Waals surface area contributed by atoms with Crippen molar-refractivity contribution in [2.24, 2.45) is 5.92 Å². The molecule has 0 bridgehead atoms. The van der Waals surface area contributed by atoms with E-state index in [1.165, 1.54) is 24.1 Å². The normalized spacial score (nSPS) is 24.2. The van der Waals surface area contributed by atoms with E-state index in [0.29, 0.717) is 12.1 Å². The van der Waals surface area contributed by atoms with E-state index < -0.39 is 5.97 Å². The maximum atomic E-state index is 11.1. The van der Waals surface area contributed by atoms with Gasteiger partial charge in [-0.15, -0.1) is 0 Å². The molecule has 1 heterocycles. The number of carboxylic acids is 1. The quantitative estimate of drug-likeness (QED) is 0.678. The number of aliphatic carboxylic acids is 1. The number of aromatic amines is 1. The summed E-state index contributed by atoms with van der Waals surface area (Å²) >= 11 is 0. The fraction of sp³-hybridized carbons (Fsp3) is 0.778. The fourth-order valence-corrected chi connectivity index (χ4v) is 3.55. The molecule has 2 saturated carbocycles. The van der Waals surface area contributed by atoms with Crippen molar-refractivity contribution in [3.05, 3.63) is 17.5 Å². The molecule has 134 valence electrons. The molecule has 1 aromatic rings. The number of rotatable bonds is 8. The van der Waals surface area contributed by atoms with Gasteiger partial charge in [0.25, 0.3) is 0 Å². The summed E-state index contributed by atoms with van der Waals surface area (Å²) in [6.45, 7) is 8.52. The highest BCUT2D eigenvalue weighted by Gasteiger charge is 2.37. The first-order valence-corrected chi connectivity index (χ1v) is 9.05. The topological polar surface area (TPSA) is 81.2 Å². The summed E-state index contributed by atoms with van der Waals surface area (Å²) in [7, 11) is 0. The van der Waals surface area contributed by atoms with Crippen LogP contribution in [0.2, 0.25) is 0 Å². The molecular formula is C18H30N4O2. The van der Waals surface area contributed by atoms with E-state index in [-0.39, 0.29) is 12.0 Å². The van der Waals surface area contributed by atoms with Crippen LogP contribution in [0.15, 0.2) is 6.20 Å². The molecule has 24 heavy (non-hydrogen) atoms. The van der Waals surface area contributed by atoms with Crippen molar-refractivity contribution in [3.63, 3.8) is 0 Å². The van der Waals surface area contributed by atoms with Gasteiger partial charge in [-0.05, 0) is 31.6 Å². The molecule has 0 atom stereocenters. The minimum absolute atomic E-state index is 0.0677. The van der Waals surface area contributed by atoms with Crippen molar-refractivity contribution in [1.82, 2.24) is 20.4 Å². The molecule has 0 amide bonds. The molecular weight excluding hydrogens is 304 g/mol. The maximum Gasteiger partial charge on any atom is 0.317 e. The van der Waals surface area contributed by atoms with Gasteiger partial charge in [-0.1, -0.05) is 20.8 Å². The largest absolute Gasteiger partial charge is 0.480 e. The number of hydrogen-bond acceptors (Lipinski definition) is 4. The van der Waals surface area contributed by atoms with E-state index in [2.05, 4.69) is 41.2 Å². The molecule has 3 rings (SSSR count). The van der Waals surface area contributed by atoms with Crippen molar-refractivity contribution in [1.29, 1.82) is 0 Å². The highest BCUT2D eigenvalue weighted by Crippen LogP contribution is 2.34. The van der Waals surface area contributed by atoms with Gasteiger partial charge >= 0.3 is 5.97 Å². The molecule has 6 heteroatoms. The van der Waals surface area contributed by atoms with Crippen LogP contribution in [0, 0.1) is 5.92 Å². The number of nitrogens with zero attached hydrogens (tertiary/aromatic N) is 2. The van der Waals surface area contributed by atoms with E-state index in [1.54, 1.807) is 0 Å². The number of carboxylic acid groups (broad SMARTS) is 1.